The van der Waals surface area contributed by atoms with E-state index in [1.807, 2.05) is 0 Å². The Morgan fingerprint density at radius 3 is 2.11 bits per heavy atom. The Morgan fingerprint density at radius 2 is 1.54 bits per heavy atom. The summed E-state index contributed by atoms with van der Waals surface area (Å²) in [5.74, 6) is -2.47. The predicted octanol–water partition coefficient (Wildman–Crippen LogP) is 3.39. The summed E-state index contributed by atoms with van der Waals surface area (Å²) in [5, 5.41) is 8.39. The van der Waals surface area contributed by atoms with Crippen LogP contribution in [-0.4, -0.2) is 70.2 Å². The van der Waals surface area contributed by atoms with Crippen LogP contribution in [0.15, 0.2) is 0 Å². The lowest BCUT2D eigenvalue weighted by atomic mass is 9.78. The molecule has 2 unspecified atom stereocenters. The van der Waals surface area contributed by atoms with Gasteiger partial charge >= 0.3 is 17.9 Å². The van der Waals surface area contributed by atoms with Gasteiger partial charge in [0.05, 0.1) is 36.2 Å². The molecule has 0 heterocycles. The summed E-state index contributed by atoms with van der Waals surface area (Å²) in [6.45, 7) is 6.84. The standard InChI is InChI=1S/C26H46O10S/c1-6-20(23(28)35-15-16-36-37(31,32)22-11-9-19(2)10-12-22)17-21(18-26(3,4)25(30)33-5)24(29)34-14-8-7-13-27/h19-22,27H,6-18H2,1-5H3. The fraction of sp³-hybridized carbons (Fsp3) is 0.885. The molecule has 0 bridgehead atoms. The molecule has 0 aromatic heterocycles. The molecule has 10 nitrogen and oxygen atoms in total. The minimum absolute atomic E-state index is 0.00895. The Balaban J connectivity index is 2.70. The van der Waals surface area contributed by atoms with Gasteiger partial charge in [-0.25, -0.2) is 0 Å². The molecule has 2 atom stereocenters. The van der Waals surface area contributed by atoms with Gasteiger partial charge in [0, 0.05) is 6.61 Å². The van der Waals surface area contributed by atoms with Crippen molar-refractivity contribution < 1.29 is 46.3 Å². The maximum Gasteiger partial charge on any atom is 0.311 e. The van der Waals surface area contributed by atoms with E-state index < -0.39 is 50.5 Å². The number of rotatable bonds is 17. The van der Waals surface area contributed by atoms with E-state index >= 15 is 0 Å². The van der Waals surface area contributed by atoms with Crippen LogP contribution in [0.1, 0.15) is 85.5 Å². The van der Waals surface area contributed by atoms with Gasteiger partial charge in [-0.15, -0.1) is 0 Å². The van der Waals surface area contributed by atoms with Gasteiger partial charge in [-0.3, -0.25) is 18.6 Å². The Kier molecular flexibility index (Phi) is 14.7. The third kappa shape index (κ3) is 11.7. The topological polar surface area (TPSA) is 142 Å². The number of carbonyl (C=O) groups is 3. The summed E-state index contributed by atoms with van der Waals surface area (Å²) in [7, 11) is -2.44. The predicted molar refractivity (Wildman–Crippen MR) is 137 cm³/mol. The molecule has 1 N–H and O–H groups in total. The first-order valence-electron chi connectivity index (χ1n) is 13.3. The summed E-state index contributed by atoms with van der Waals surface area (Å²) in [6, 6.07) is 0. The van der Waals surface area contributed by atoms with E-state index in [-0.39, 0.29) is 39.3 Å². The Hall–Kier alpha value is -1.72. The highest BCUT2D eigenvalue weighted by molar-refractivity contribution is 7.87. The van der Waals surface area contributed by atoms with E-state index in [0.29, 0.717) is 38.0 Å². The molecule has 0 amide bonds. The number of aliphatic hydroxyl groups excluding tert-OH is 1. The minimum atomic E-state index is -3.72. The molecule has 0 aliphatic heterocycles. The van der Waals surface area contributed by atoms with Crippen LogP contribution in [-0.2, 0) is 42.9 Å². The number of carbonyl (C=O) groups excluding carboxylic acids is 3. The molecule has 216 valence electrons. The SMILES string of the molecule is CCC(CC(CC(C)(C)C(=O)OC)C(=O)OCCCCO)C(=O)OCCOS(=O)(=O)C1CCC(C)CC1. The number of unbranched alkanes of at least 4 members (excludes halogenated alkanes) is 1. The van der Waals surface area contributed by atoms with Crippen molar-refractivity contribution in [1.29, 1.82) is 0 Å². The van der Waals surface area contributed by atoms with Gasteiger partial charge in [0.25, 0.3) is 10.1 Å². The maximum absolute atomic E-state index is 12.8. The zero-order chi connectivity index (χ0) is 28.1. The zero-order valence-corrected chi connectivity index (χ0v) is 23.8. The molecular weight excluding hydrogens is 504 g/mol. The number of hydrogen-bond donors (Lipinski definition) is 1. The van der Waals surface area contributed by atoms with Crippen LogP contribution in [0.25, 0.3) is 0 Å². The first-order valence-corrected chi connectivity index (χ1v) is 14.8. The highest BCUT2D eigenvalue weighted by Gasteiger charge is 2.38. The normalized spacial score (nSPS) is 20.1. The lowest BCUT2D eigenvalue weighted by molar-refractivity contribution is -0.157. The molecule has 1 aliphatic rings. The molecule has 1 fully saturated rings. The average Bonchev–Trinajstić information content (AvgIpc) is 2.86. The summed E-state index contributed by atoms with van der Waals surface area (Å²) in [5.41, 5.74) is -0.981. The smallest absolute Gasteiger partial charge is 0.311 e. The minimum Gasteiger partial charge on any atom is -0.469 e. The van der Waals surface area contributed by atoms with Crippen LogP contribution in [0.3, 0.4) is 0 Å². The second-order valence-electron chi connectivity index (χ2n) is 10.6. The van der Waals surface area contributed by atoms with E-state index in [0.717, 1.165) is 12.8 Å². The Morgan fingerprint density at radius 1 is 0.946 bits per heavy atom. The molecule has 1 aliphatic carbocycles. The molecule has 0 saturated heterocycles. The van der Waals surface area contributed by atoms with Crippen LogP contribution in [0.2, 0.25) is 0 Å². The summed E-state index contributed by atoms with van der Waals surface area (Å²) >= 11 is 0. The van der Waals surface area contributed by atoms with Gasteiger partial charge in [0.15, 0.2) is 0 Å². The molecule has 0 spiro atoms. The maximum atomic E-state index is 12.8. The molecule has 0 aromatic rings. The molecule has 0 aromatic carbocycles. The van der Waals surface area contributed by atoms with Gasteiger partial charge in [0.1, 0.15) is 13.2 Å². The quantitative estimate of drug-likeness (QED) is 0.124. The Bertz CT molecular complexity index is 815. The number of hydrogen-bond acceptors (Lipinski definition) is 10. The number of esters is 3. The second-order valence-corrected chi connectivity index (χ2v) is 12.5. The molecule has 0 radical (unpaired) electrons. The zero-order valence-electron chi connectivity index (χ0n) is 23.0. The number of aliphatic hydroxyl groups is 1. The van der Waals surface area contributed by atoms with Crippen molar-refractivity contribution in [3.63, 3.8) is 0 Å². The van der Waals surface area contributed by atoms with Gasteiger partial charge in [0.2, 0.25) is 0 Å². The molecule has 11 heteroatoms. The summed E-state index contributed by atoms with van der Waals surface area (Å²) in [6.07, 6.45) is 4.42. The van der Waals surface area contributed by atoms with Crippen molar-refractivity contribution in [3.05, 3.63) is 0 Å². The van der Waals surface area contributed by atoms with Crippen LogP contribution in [0.4, 0.5) is 0 Å². The molecule has 1 saturated carbocycles. The highest BCUT2D eigenvalue weighted by atomic mass is 32.2. The first kappa shape index (κ1) is 33.3. The van der Waals surface area contributed by atoms with Crippen molar-refractivity contribution in [3.8, 4) is 0 Å². The first-order chi connectivity index (χ1) is 17.4. The van der Waals surface area contributed by atoms with Crippen molar-refractivity contribution in [2.75, 3.05) is 33.5 Å². The van der Waals surface area contributed by atoms with E-state index in [4.69, 9.17) is 23.5 Å². The van der Waals surface area contributed by atoms with Crippen molar-refractivity contribution >= 4 is 28.0 Å². The lowest BCUT2D eigenvalue weighted by Gasteiger charge is -2.28. The van der Waals surface area contributed by atoms with Crippen LogP contribution >= 0.6 is 0 Å². The number of ether oxygens (including phenoxy) is 3. The number of methoxy groups -OCH3 is 1. The molecular formula is C26H46O10S. The van der Waals surface area contributed by atoms with Crippen molar-refractivity contribution in [2.24, 2.45) is 23.2 Å². The van der Waals surface area contributed by atoms with E-state index in [9.17, 15) is 22.8 Å². The third-order valence-electron chi connectivity index (χ3n) is 6.97. The fourth-order valence-corrected chi connectivity index (χ4v) is 5.88. The van der Waals surface area contributed by atoms with Crippen LogP contribution < -0.4 is 0 Å². The Labute approximate surface area is 221 Å². The lowest BCUT2D eigenvalue weighted by Crippen LogP contribution is -2.34. The van der Waals surface area contributed by atoms with Crippen molar-refractivity contribution in [2.45, 2.75) is 90.7 Å². The second kappa shape index (κ2) is 16.3. The fourth-order valence-electron chi connectivity index (χ4n) is 4.54. The average molecular weight is 551 g/mol. The van der Waals surface area contributed by atoms with E-state index in [1.165, 1.54) is 7.11 Å². The summed E-state index contributed by atoms with van der Waals surface area (Å²) in [4.78, 5) is 37.8. The highest BCUT2D eigenvalue weighted by Crippen LogP contribution is 2.33. The molecule has 37 heavy (non-hydrogen) atoms. The van der Waals surface area contributed by atoms with Crippen molar-refractivity contribution in [1.82, 2.24) is 0 Å². The van der Waals surface area contributed by atoms with E-state index in [1.54, 1.807) is 20.8 Å². The van der Waals surface area contributed by atoms with Gasteiger partial charge < -0.3 is 19.3 Å². The summed E-state index contributed by atoms with van der Waals surface area (Å²) < 4.78 is 45.4. The van der Waals surface area contributed by atoms with Crippen LogP contribution in [0.5, 0.6) is 0 Å². The van der Waals surface area contributed by atoms with Crippen LogP contribution in [0, 0.1) is 23.2 Å². The monoisotopic (exact) mass is 550 g/mol. The van der Waals surface area contributed by atoms with E-state index in [2.05, 4.69) is 6.92 Å². The van der Waals surface area contributed by atoms with Gasteiger partial charge in [-0.05, 0) is 77.6 Å². The van der Waals surface area contributed by atoms with Gasteiger partial charge in [-0.2, -0.15) is 8.42 Å². The van der Waals surface area contributed by atoms with Gasteiger partial charge in [-0.1, -0.05) is 13.8 Å². The largest absolute Gasteiger partial charge is 0.469 e. The third-order valence-corrected chi connectivity index (χ3v) is 8.75. The molecule has 1 rings (SSSR count).